The number of nitrogens with one attached hydrogen (secondary N) is 1. The average Bonchev–Trinajstić information content (AvgIpc) is 3.33. The van der Waals surface area contributed by atoms with Gasteiger partial charge in [-0.3, -0.25) is 9.59 Å². The fraction of sp³-hybridized carbons (Fsp3) is 0.250. The first-order valence-electron chi connectivity index (χ1n) is 11.6. The van der Waals surface area contributed by atoms with Crippen molar-refractivity contribution >= 4 is 17.5 Å². The fourth-order valence-electron chi connectivity index (χ4n) is 4.24. The summed E-state index contributed by atoms with van der Waals surface area (Å²) in [6, 6.07) is 25.9. The Hall–Kier alpha value is -3.97. The number of hydrogen-bond donors (Lipinski definition) is 2. The summed E-state index contributed by atoms with van der Waals surface area (Å²) in [5, 5.41) is 17.2. The number of oxime groups is 1. The van der Waals surface area contributed by atoms with Gasteiger partial charge in [-0.2, -0.15) is 0 Å². The standard InChI is InChI=1S/C28H29N3O4/c1-35-30-24-18-25(27(33)29-17-16-26(32)22-10-6-3-7-11-22)31(19-24)28(34)23-14-12-21(13-15-23)20-8-4-2-5-9-20/h2-15,25-26,32H,16-19H2,1H3,(H,29,33)/t25-,26-/m0/s1. The largest absolute Gasteiger partial charge is 0.399 e. The van der Waals surface area contributed by atoms with Crippen molar-refractivity contribution in [1.29, 1.82) is 0 Å². The van der Waals surface area contributed by atoms with Crippen molar-refractivity contribution < 1.29 is 19.5 Å². The van der Waals surface area contributed by atoms with Gasteiger partial charge >= 0.3 is 0 Å². The lowest BCUT2D eigenvalue weighted by Gasteiger charge is -2.24. The molecule has 0 aromatic heterocycles. The van der Waals surface area contributed by atoms with Crippen molar-refractivity contribution in [3.63, 3.8) is 0 Å². The van der Waals surface area contributed by atoms with Crippen molar-refractivity contribution in [1.82, 2.24) is 10.2 Å². The maximum Gasteiger partial charge on any atom is 0.254 e. The smallest absolute Gasteiger partial charge is 0.254 e. The second kappa shape index (κ2) is 11.4. The molecule has 180 valence electrons. The van der Waals surface area contributed by atoms with E-state index in [4.69, 9.17) is 4.84 Å². The van der Waals surface area contributed by atoms with Gasteiger partial charge in [-0.1, -0.05) is 78.0 Å². The number of likely N-dealkylation sites (tertiary alicyclic amines) is 1. The number of aliphatic hydroxyl groups is 1. The molecular weight excluding hydrogens is 442 g/mol. The summed E-state index contributed by atoms with van der Waals surface area (Å²) in [6.45, 7) is 0.508. The lowest BCUT2D eigenvalue weighted by atomic mass is 10.0. The highest BCUT2D eigenvalue weighted by molar-refractivity contribution is 6.05. The van der Waals surface area contributed by atoms with E-state index in [-0.39, 0.29) is 24.9 Å². The number of carbonyl (C=O) groups excluding carboxylic acids is 2. The van der Waals surface area contributed by atoms with Crippen molar-refractivity contribution in [3.8, 4) is 11.1 Å². The average molecular weight is 472 g/mol. The van der Waals surface area contributed by atoms with Gasteiger partial charge in [-0.05, 0) is 35.2 Å². The second-order valence-electron chi connectivity index (χ2n) is 8.44. The van der Waals surface area contributed by atoms with Crippen LogP contribution in [0.1, 0.15) is 34.9 Å². The number of amides is 2. The third-order valence-electron chi connectivity index (χ3n) is 6.08. The van der Waals surface area contributed by atoms with E-state index in [1.807, 2.05) is 72.8 Å². The second-order valence-corrected chi connectivity index (χ2v) is 8.44. The molecule has 0 aliphatic carbocycles. The Balaban J connectivity index is 1.42. The highest BCUT2D eigenvalue weighted by Crippen LogP contribution is 2.23. The number of nitrogens with zero attached hydrogens (tertiary/aromatic N) is 2. The normalized spacial score (nSPS) is 17.3. The Labute approximate surface area is 205 Å². The molecule has 7 heteroatoms. The van der Waals surface area contributed by atoms with Gasteiger partial charge in [0.15, 0.2) is 0 Å². The zero-order chi connectivity index (χ0) is 24.6. The molecule has 3 aromatic rings. The molecule has 2 N–H and O–H groups in total. The lowest BCUT2D eigenvalue weighted by Crippen LogP contribution is -2.46. The van der Waals surface area contributed by atoms with E-state index in [1.165, 1.54) is 12.0 Å². The Morgan fingerprint density at radius 3 is 2.29 bits per heavy atom. The summed E-state index contributed by atoms with van der Waals surface area (Å²) in [4.78, 5) is 32.8. The molecule has 0 saturated carbocycles. The first kappa shape index (κ1) is 24.2. The molecule has 1 saturated heterocycles. The summed E-state index contributed by atoms with van der Waals surface area (Å²) in [6.07, 6.45) is -0.00272. The molecule has 3 aromatic carbocycles. The lowest BCUT2D eigenvalue weighted by molar-refractivity contribution is -0.124. The van der Waals surface area contributed by atoms with Gasteiger partial charge < -0.3 is 20.2 Å². The van der Waals surface area contributed by atoms with Crippen LogP contribution in [0.15, 0.2) is 90.1 Å². The van der Waals surface area contributed by atoms with Crippen LogP contribution in [0, 0.1) is 0 Å². The number of rotatable bonds is 8. The van der Waals surface area contributed by atoms with Crippen LogP contribution in [0.5, 0.6) is 0 Å². The highest BCUT2D eigenvalue weighted by atomic mass is 16.6. The van der Waals surface area contributed by atoms with Gasteiger partial charge in [-0.15, -0.1) is 0 Å². The van der Waals surface area contributed by atoms with Crippen LogP contribution in [0.25, 0.3) is 11.1 Å². The van der Waals surface area contributed by atoms with E-state index in [1.54, 1.807) is 12.1 Å². The molecule has 7 nitrogen and oxygen atoms in total. The predicted octanol–water partition coefficient (Wildman–Crippen LogP) is 3.81. The van der Waals surface area contributed by atoms with Gasteiger partial charge in [0.05, 0.1) is 18.4 Å². The predicted molar refractivity (Wildman–Crippen MR) is 135 cm³/mol. The fourth-order valence-corrected chi connectivity index (χ4v) is 4.24. The molecule has 0 bridgehead atoms. The first-order chi connectivity index (χ1) is 17.1. The van der Waals surface area contributed by atoms with Crippen molar-refractivity contribution in [2.24, 2.45) is 5.16 Å². The summed E-state index contributed by atoms with van der Waals surface area (Å²) in [7, 11) is 1.44. The number of benzene rings is 3. The van der Waals surface area contributed by atoms with E-state index in [0.717, 1.165) is 16.7 Å². The van der Waals surface area contributed by atoms with Crippen molar-refractivity contribution in [2.45, 2.75) is 25.0 Å². The molecule has 1 fully saturated rings. The molecule has 35 heavy (non-hydrogen) atoms. The molecular formula is C28H29N3O4. The van der Waals surface area contributed by atoms with Crippen LogP contribution in [0.2, 0.25) is 0 Å². The van der Waals surface area contributed by atoms with Gasteiger partial charge in [-0.25, -0.2) is 0 Å². The minimum Gasteiger partial charge on any atom is -0.399 e. The zero-order valence-corrected chi connectivity index (χ0v) is 19.6. The molecule has 0 unspecified atom stereocenters. The Morgan fingerprint density at radius 1 is 1.00 bits per heavy atom. The Kier molecular flexibility index (Phi) is 7.90. The highest BCUT2D eigenvalue weighted by Gasteiger charge is 2.38. The summed E-state index contributed by atoms with van der Waals surface area (Å²) >= 11 is 0. The summed E-state index contributed by atoms with van der Waals surface area (Å²) < 4.78 is 0. The van der Waals surface area contributed by atoms with E-state index in [2.05, 4.69) is 10.5 Å². The molecule has 1 aliphatic rings. The molecule has 1 aliphatic heterocycles. The number of aliphatic hydroxyl groups excluding tert-OH is 1. The minimum atomic E-state index is -0.695. The van der Waals surface area contributed by atoms with Crippen LogP contribution < -0.4 is 5.32 Å². The molecule has 1 heterocycles. The minimum absolute atomic E-state index is 0.220. The molecule has 0 radical (unpaired) electrons. The van der Waals surface area contributed by atoms with Crippen LogP contribution in [-0.2, 0) is 9.63 Å². The van der Waals surface area contributed by atoms with Gasteiger partial charge in [0.1, 0.15) is 13.2 Å². The monoisotopic (exact) mass is 471 g/mol. The maximum absolute atomic E-state index is 13.3. The number of hydrogen-bond acceptors (Lipinski definition) is 5. The van der Waals surface area contributed by atoms with Crippen LogP contribution in [0.3, 0.4) is 0 Å². The quantitative estimate of drug-likeness (QED) is 0.489. The van der Waals surface area contributed by atoms with Gasteiger partial charge in [0, 0.05) is 18.5 Å². The van der Waals surface area contributed by atoms with E-state index in [9.17, 15) is 14.7 Å². The molecule has 2 atom stereocenters. The van der Waals surface area contributed by atoms with Crippen molar-refractivity contribution in [2.75, 3.05) is 20.2 Å². The summed E-state index contributed by atoms with van der Waals surface area (Å²) in [5.74, 6) is -0.517. The third kappa shape index (κ3) is 5.94. The van der Waals surface area contributed by atoms with E-state index in [0.29, 0.717) is 24.1 Å². The molecule has 0 spiro atoms. The van der Waals surface area contributed by atoms with Crippen LogP contribution >= 0.6 is 0 Å². The molecule has 2 amide bonds. The van der Waals surface area contributed by atoms with Gasteiger partial charge in [0.25, 0.3) is 5.91 Å². The van der Waals surface area contributed by atoms with Crippen LogP contribution in [0.4, 0.5) is 0 Å². The van der Waals surface area contributed by atoms with Crippen LogP contribution in [-0.4, -0.2) is 53.8 Å². The maximum atomic E-state index is 13.3. The van der Waals surface area contributed by atoms with E-state index >= 15 is 0 Å². The third-order valence-corrected chi connectivity index (χ3v) is 6.08. The zero-order valence-electron chi connectivity index (χ0n) is 19.6. The first-order valence-corrected chi connectivity index (χ1v) is 11.6. The number of carbonyl (C=O) groups is 2. The Bertz CT molecular complexity index is 1160. The SMILES string of the molecule is CON=C1C[C@@H](C(=O)NCC[C@H](O)c2ccccc2)N(C(=O)c2ccc(-c3ccccc3)cc2)C1. The van der Waals surface area contributed by atoms with Crippen molar-refractivity contribution in [3.05, 3.63) is 96.1 Å². The summed E-state index contributed by atoms with van der Waals surface area (Å²) in [5.41, 5.74) is 4.01. The van der Waals surface area contributed by atoms with Gasteiger partial charge in [0.2, 0.25) is 5.91 Å². The Morgan fingerprint density at radius 2 is 1.63 bits per heavy atom. The van der Waals surface area contributed by atoms with E-state index < -0.39 is 12.1 Å². The topological polar surface area (TPSA) is 91.2 Å². The molecule has 4 rings (SSSR count).